The Bertz CT molecular complexity index is 1220. The Balaban J connectivity index is 1.33. The largest absolute Gasteiger partial charge is 0.416 e. The molecule has 1 aliphatic carbocycles. The number of fused-ring (bicyclic) bond motifs is 1. The Hall–Kier alpha value is -3.33. The number of nitrogens with one attached hydrogen (secondary N) is 1. The lowest BCUT2D eigenvalue weighted by Crippen LogP contribution is -2.35. The molecule has 2 aromatic heterocycles. The second-order valence-electron chi connectivity index (χ2n) is 9.68. The maximum atomic E-state index is 13.1. The Morgan fingerprint density at radius 2 is 1.89 bits per heavy atom. The van der Waals surface area contributed by atoms with Crippen molar-refractivity contribution in [2.45, 2.75) is 57.5 Å². The summed E-state index contributed by atoms with van der Waals surface area (Å²) in [4.78, 5) is 28.4. The molecule has 0 radical (unpaired) electrons. The van der Waals surface area contributed by atoms with E-state index < -0.39 is 17.3 Å². The van der Waals surface area contributed by atoms with Gasteiger partial charge in [-0.25, -0.2) is 0 Å². The molecule has 1 aromatic carbocycles. The minimum Gasteiger partial charge on any atom is -0.341 e. The molecule has 3 aromatic rings. The summed E-state index contributed by atoms with van der Waals surface area (Å²) in [7, 11) is 0. The van der Waals surface area contributed by atoms with Crippen LogP contribution in [0.2, 0.25) is 0 Å². The van der Waals surface area contributed by atoms with Gasteiger partial charge in [0, 0.05) is 31.7 Å². The number of alkyl halides is 3. The van der Waals surface area contributed by atoms with E-state index >= 15 is 0 Å². The highest BCUT2D eigenvalue weighted by Crippen LogP contribution is 2.44. The Morgan fingerprint density at radius 1 is 1.14 bits per heavy atom. The van der Waals surface area contributed by atoms with E-state index in [1.807, 2.05) is 6.07 Å². The Kier molecular flexibility index (Phi) is 5.83. The molecule has 1 fully saturated rings. The number of hydrogen-bond acceptors (Lipinski definition) is 5. The van der Waals surface area contributed by atoms with Gasteiger partial charge in [0.15, 0.2) is 0 Å². The predicted molar refractivity (Wildman–Crippen MR) is 123 cm³/mol. The lowest BCUT2D eigenvalue weighted by atomic mass is 9.99. The Labute approximate surface area is 201 Å². The summed E-state index contributed by atoms with van der Waals surface area (Å²) in [5, 5.41) is 3.11. The summed E-state index contributed by atoms with van der Waals surface area (Å²) in [6, 6.07) is 7.18. The van der Waals surface area contributed by atoms with E-state index in [0.29, 0.717) is 18.7 Å². The van der Waals surface area contributed by atoms with Gasteiger partial charge >= 0.3 is 6.18 Å². The molecule has 1 unspecified atom stereocenters. The fourth-order valence-corrected chi connectivity index (χ4v) is 4.86. The van der Waals surface area contributed by atoms with E-state index in [0.717, 1.165) is 47.5 Å². The number of carbonyl (C=O) groups is 1. The number of aromatic nitrogens is 3. The molecule has 1 atom stereocenters. The normalized spacial score (nSPS) is 19.0. The van der Waals surface area contributed by atoms with Gasteiger partial charge in [-0.05, 0) is 48.1 Å². The molecule has 0 saturated heterocycles. The number of halogens is 3. The van der Waals surface area contributed by atoms with E-state index in [-0.39, 0.29) is 17.9 Å². The van der Waals surface area contributed by atoms with Crippen LogP contribution in [-0.4, -0.2) is 25.8 Å². The van der Waals surface area contributed by atoms with Crippen LogP contribution in [0, 0.1) is 5.92 Å². The van der Waals surface area contributed by atoms with Gasteiger partial charge in [-0.15, -0.1) is 0 Å². The van der Waals surface area contributed by atoms with E-state index in [1.54, 1.807) is 24.8 Å². The maximum Gasteiger partial charge on any atom is 0.416 e. The van der Waals surface area contributed by atoms with Crippen LogP contribution in [0.3, 0.4) is 0 Å². The number of amides is 1. The summed E-state index contributed by atoms with van der Waals surface area (Å²) >= 11 is 0. The first kappa shape index (κ1) is 23.4. The van der Waals surface area contributed by atoms with E-state index in [1.165, 1.54) is 12.1 Å². The van der Waals surface area contributed by atoms with E-state index in [9.17, 15) is 18.0 Å². The zero-order valence-corrected chi connectivity index (χ0v) is 19.5. The second kappa shape index (κ2) is 8.71. The Morgan fingerprint density at radius 3 is 2.49 bits per heavy atom. The van der Waals surface area contributed by atoms with E-state index in [2.05, 4.69) is 39.0 Å². The SMILES string of the molecule is CC(C)C1c2ncc(C(=O)NC3(c4cnccn4)CC3)cc2CN1Cc1ccc(C(F)(F)F)cc1. The molecule has 5 rings (SSSR count). The van der Waals surface area contributed by atoms with Crippen LogP contribution in [0.1, 0.15) is 71.2 Å². The van der Waals surface area contributed by atoms with Gasteiger partial charge in [-0.3, -0.25) is 24.6 Å². The quantitative estimate of drug-likeness (QED) is 0.535. The van der Waals surface area contributed by atoms with Crippen LogP contribution in [0.5, 0.6) is 0 Å². The first-order valence-corrected chi connectivity index (χ1v) is 11.6. The predicted octanol–water partition coefficient (Wildman–Crippen LogP) is 5.02. The van der Waals surface area contributed by atoms with Crippen molar-refractivity contribution in [3.05, 3.63) is 88.8 Å². The van der Waals surface area contributed by atoms with Crippen LogP contribution < -0.4 is 5.32 Å². The van der Waals surface area contributed by atoms with Gasteiger partial charge in [0.05, 0.1) is 40.3 Å². The molecule has 1 amide bonds. The fraction of sp³-hybridized carbons (Fsp3) is 0.385. The van der Waals surface area contributed by atoms with Crippen molar-refractivity contribution >= 4 is 5.91 Å². The van der Waals surface area contributed by atoms with Crippen LogP contribution in [0.15, 0.2) is 55.1 Å². The standard InChI is InChI=1S/C26H26F3N5O/c1-16(2)23-22-19(15-34(23)14-17-3-5-20(6-4-17)26(27,28)29)11-18(12-32-22)24(35)33-25(7-8-25)21-13-30-9-10-31-21/h3-6,9-13,16,23H,7-8,14-15H2,1-2H3,(H,33,35). The van der Waals surface area contributed by atoms with Crippen molar-refractivity contribution in [3.8, 4) is 0 Å². The summed E-state index contributed by atoms with van der Waals surface area (Å²) < 4.78 is 38.8. The summed E-state index contributed by atoms with van der Waals surface area (Å²) in [6.45, 7) is 5.26. The number of nitrogens with zero attached hydrogens (tertiary/aromatic N) is 4. The minimum atomic E-state index is -4.35. The molecular formula is C26H26F3N5O. The first-order chi connectivity index (χ1) is 16.7. The molecule has 35 heavy (non-hydrogen) atoms. The first-order valence-electron chi connectivity index (χ1n) is 11.6. The summed E-state index contributed by atoms with van der Waals surface area (Å²) in [6.07, 6.45) is 3.79. The van der Waals surface area contributed by atoms with E-state index in [4.69, 9.17) is 0 Å². The molecule has 9 heteroatoms. The monoisotopic (exact) mass is 481 g/mol. The molecular weight excluding hydrogens is 455 g/mol. The van der Waals surface area contributed by atoms with Crippen molar-refractivity contribution < 1.29 is 18.0 Å². The number of hydrogen-bond donors (Lipinski definition) is 1. The average Bonchev–Trinajstić information content (AvgIpc) is 3.51. The maximum absolute atomic E-state index is 13.1. The average molecular weight is 482 g/mol. The molecule has 6 nitrogen and oxygen atoms in total. The number of carbonyl (C=O) groups excluding carboxylic acids is 1. The second-order valence-corrected chi connectivity index (χ2v) is 9.68. The van der Waals surface area contributed by atoms with Gasteiger partial charge < -0.3 is 5.32 Å². The summed E-state index contributed by atoms with van der Waals surface area (Å²) in [5.41, 5.74) is 2.79. The van der Waals surface area contributed by atoms with Crippen molar-refractivity contribution in [1.82, 2.24) is 25.2 Å². The van der Waals surface area contributed by atoms with Crippen LogP contribution in [-0.2, 0) is 24.8 Å². The van der Waals surface area contributed by atoms with Crippen molar-refractivity contribution in [1.29, 1.82) is 0 Å². The fourth-order valence-electron chi connectivity index (χ4n) is 4.86. The number of benzene rings is 1. The third kappa shape index (κ3) is 4.65. The van der Waals surface area contributed by atoms with Crippen molar-refractivity contribution in [2.75, 3.05) is 0 Å². The van der Waals surface area contributed by atoms with Crippen molar-refractivity contribution in [3.63, 3.8) is 0 Å². The number of rotatable bonds is 6. The lowest BCUT2D eigenvalue weighted by Gasteiger charge is -2.27. The zero-order valence-electron chi connectivity index (χ0n) is 19.5. The van der Waals surface area contributed by atoms with Gasteiger partial charge in [0.25, 0.3) is 5.91 Å². The highest BCUT2D eigenvalue weighted by atomic mass is 19.4. The van der Waals surface area contributed by atoms with Gasteiger partial charge in [-0.1, -0.05) is 26.0 Å². The van der Waals surface area contributed by atoms with Gasteiger partial charge in [-0.2, -0.15) is 13.2 Å². The molecule has 1 aliphatic heterocycles. The molecule has 3 heterocycles. The van der Waals surface area contributed by atoms with Gasteiger partial charge in [0.2, 0.25) is 0 Å². The molecule has 1 saturated carbocycles. The van der Waals surface area contributed by atoms with Crippen LogP contribution in [0.25, 0.3) is 0 Å². The zero-order chi connectivity index (χ0) is 24.8. The summed E-state index contributed by atoms with van der Waals surface area (Å²) in [5.74, 6) is 0.0370. The third-order valence-electron chi connectivity index (χ3n) is 6.77. The highest BCUT2D eigenvalue weighted by molar-refractivity contribution is 5.95. The lowest BCUT2D eigenvalue weighted by molar-refractivity contribution is -0.137. The van der Waals surface area contributed by atoms with Crippen molar-refractivity contribution in [2.24, 2.45) is 5.92 Å². The number of pyridine rings is 1. The molecule has 182 valence electrons. The van der Waals surface area contributed by atoms with Crippen LogP contribution >= 0.6 is 0 Å². The minimum absolute atomic E-state index is 0.0128. The molecule has 0 bridgehead atoms. The topological polar surface area (TPSA) is 71.0 Å². The molecule has 1 N–H and O–H groups in total. The van der Waals surface area contributed by atoms with Gasteiger partial charge in [0.1, 0.15) is 0 Å². The third-order valence-corrected chi connectivity index (χ3v) is 6.77. The highest BCUT2D eigenvalue weighted by Gasteiger charge is 2.47. The van der Waals surface area contributed by atoms with Crippen LogP contribution in [0.4, 0.5) is 13.2 Å². The smallest absolute Gasteiger partial charge is 0.341 e. The molecule has 2 aliphatic rings. The molecule has 0 spiro atoms.